The number of aromatic nitrogens is 5. The molecule has 0 saturated heterocycles. The molecule has 75 heavy (non-hydrogen) atoms. The van der Waals surface area contributed by atoms with E-state index in [1.807, 2.05) is 0 Å². The molecule has 9 rings (SSSR count). The Hall–Kier alpha value is -5.75. The second-order valence-electron chi connectivity index (χ2n) is 26.4. The third-order valence-corrected chi connectivity index (χ3v) is 14.3. The quantitative estimate of drug-likeness (QED) is 0.149. The third-order valence-electron chi connectivity index (χ3n) is 14.3. The molecule has 3 N–H and O–H groups in total. The SMILES string of the molecule is CC(C)C1=Nc2cc(C(C)(C)C)ccc2C1.CC(C)c1ccc(C(C)(C)C)cc1.CC(C)c1ccc2cc(C(C)C)[nH]c2c1.CC(C)c1ccc2nc(C(C)C)[nH]c2c1.CC(C)c1nc2ccc(C(C)(C)C)cc2[nH]1. The highest BCUT2D eigenvalue weighted by atomic mass is 14.9. The van der Waals surface area contributed by atoms with E-state index < -0.39 is 0 Å². The van der Waals surface area contributed by atoms with Crippen molar-refractivity contribution < 1.29 is 0 Å². The van der Waals surface area contributed by atoms with Crippen LogP contribution in [0.25, 0.3) is 33.0 Å². The summed E-state index contributed by atoms with van der Waals surface area (Å²) in [4.78, 5) is 24.1. The van der Waals surface area contributed by atoms with E-state index in [9.17, 15) is 0 Å². The molecule has 6 nitrogen and oxygen atoms in total. The fourth-order valence-corrected chi connectivity index (χ4v) is 8.66. The van der Waals surface area contributed by atoms with E-state index >= 15 is 0 Å². The van der Waals surface area contributed by atoms with Gasteiger partial charge < -0.3 is 15.0 Å². The lowest BCUT2D eigenvalue weighted by Gasteiger charge is -2.19. The van der Waals surface area contributed by atoms with E-state index in [-0.39, 0.29) is 16.2 Å². The fourth-order valence-electron chi connectivity index (χ4n) is 8.66. The molecule has 0 atom stereocenters. The van der Waals surface area contributed by atoms with E-state index in [4.69, 9.17) is 4.99 Å². The summed E-state index contributed by atoms with van der Waals surface area (Å²) in [6, 6.07) is 37.7. The Morgan fingerprint density at radius 1 is 0.373 bits per heavy atom. The Balaban J connectivity index is 0.000000174. The van der Waals surface area contributed by atoms with Crippen molar-refractivity contribution in [3.8, 4) is 0 Å². The lowest BCUT2D eigenvalue weighted by Crippen LogP contribution is -2.10. The Labute approximate surface area is 454 Å². The molecule has 0 amide bonds. The molecule has 0 bridgehead atoms. The average molecular weight is 1010 g/mol. The zero-order valence-electron chi connectivity index (χ0n) is 50.9. The van der Waals surface area contributed by atoms with Crippen LogP contribution in [0.5, 0.6) is 0 Å². The number of nitrogens with one attached hydrogen (secondary N) is 3. The Morgan fingerprint density at radius 2 is 0.800 bits per heavy atom. The van der Waals surface area contributed by atoms with Crippen molar-refractivity contribution in [1.82, 2.24) is 24.9 Å². The first-order valence-corrected chi connectivity index (χ1v) is 28.3. The van der Waals surface area contributed by atoms with Crippen LogP contribution < -0.4 is 0 Å². The molecule has 0 unspecified atom stereocenters. The molecule has 0 spiro atoms. The van der Waals surface area contributed by atoms with Gasteiger partial charge in [-0.2, -0.15) is 0 Å². The molecule has 8 aromatic rings. The Bertz CT molecular complexity index is 3000. The highest BCUT2D eigenvalue weighted by Gasteiger charge is 2.21. The molecule has 3 aromatic heterocycles. The van der Waals surface area contributed by atoms with Crippen LogP contribution in [0.3, 0.4) is 0 Å². The average Bonchev–Trinajstić information content (AvgIpc) is 4.15. The molecular formula is C69H98N6. The molecule has 1 aliphatic heterocycles. The van der Waals surface area contributed by atoms with Crippen molar-refractivity contribution in [2.75, 3.05) is 0 Å². The zero-order chi connectivity index (χ0) is 55.9. The van der Waals surface area contributed by atoms with Crippen molar-refractivity contribution in [2.45, 2.75) is 217 Å². The number of H-pyrrole nitrogens is 3. The van der Waals surface area contributed by atoms with Crippen LogP contribution in [0.1, 0.15) is 251 Å². The summed E-state index contributed by atoms with van der Waals surface area (Å²) in [7, 11) is 0. The third kappa shape index (κ3) is 16.6. The maximum atomic E-state index is 4.74. The minimum Gasteiger partial charge on any atom is -0.358 e. The predicted octanol–water partition coefficient (Wildman–Crippen LogP) is 20.6. The number of imidazole rings is 2. The predicted molar refractivity (Wildman–Crippen MR) is 330 cm³/mol. The van der Waals surface area contributed by atoms with Crippen molar-refractivity contribution >= 4 is 44.4 Å². The number of benzene rings is 5. The number of aliphatic imine (C=N–C) groups is 1. The second kappa shape index (κ2) is 24.9. The van der Waals surface area contributed by atoms with E-state index in [2.05, 4.69) is 287 Å². The smallest absolute Gasteiger partial charge is 0.109 e. The minimum absolute atomic E-state index is 0.192. The summed E-state index contributed by atoms with van der Waals surface area (Å²) in [6.45, 7) is 51.0. The van der Waals surface area contributed by atoms with E-state index in [1.54, 1.807) is 0 Å². The lowest BCUT2D eigenvalue weighted by atomic mass is 9.86. The van der Waals surface area contributed by atoms with Crippen LogP contribution in [0.4, 0.5) is 5.69 Å². The van der Waals surface area contributed by atoms with E-state index in [0.717, 1.165) is 40.1 Å². The van der Waals surface area contributed by atoms with Gasteiger partial charge in [0, 0.05) is 35.2 Å². The number of nitrogens with zero attached hydrogens (tertiary/aromatic N) is 3. The number of hydrogen-bond acceptors (Lipinski definition) is 3. The maximum absolute atomic E-state index is 4.74. The van der Waals surface area contributed by atoms with Gasteiger partial charge in [0.1, 0.15) is 11.6 Å². The number of aromatic amines is 3. The van der Waals surface area contributed by atoms with Crippen molar-refractivity contribution in [3.05, 3.63) is 159 Å². The summed E-state index contributed by atoms with van der Waals surface area (Å²) in [6.07, 6.45) is 1.04. The number of hydrogen-bond donors (Lipinski definition) is 3. The molecule has 0 radical (unpaired) electrons. The molecular weight excluding hydrogens is 913 g/mol. The molecule has 0 saturated carbocycles. The number of fused-ring (bicyclic) bond motifs is 4. The van der Waals surface area contributed by atoms with Gasteiger partial charge in [-0.15, -0.1) is 0 Å². The first-order valence-electron chi connectivity index (χ1n) is 28.3. The van der Waals surface area contributed by atoms with Gasteiger partial charge in [-0.3, -0.25) is 4.99 Å². The normalized spacial score (nSPS) is 12.8. The minimum atomic E-state index is 0.192. The molecule has 404 valence electrons. The van der Waals surface area contributed by atoms with Crippen LogP contribution >= 0.6 is 0 Å². The molecule has 5 aromatic carbocycles. The van der Waals surface area contributed by atoms with Gasteiger partial charge in [0.2, 0.25) is 0 Å². The molecule has 6 heteroatoms. The monoisotopic (exact) mass is 1010 g/mol. The summed E-state index contributed by atoms with van der Waals surface area (Å²) in [5.74, 6) is 5.98. The van der Waals surface area contributed by atoms with Crippen LogP contribution in [-0.2, 0) is 22.7 Å². The van der Waals surface area contributed by atoms with Crippen molar-refractivity contribution in [2.24, 2.45) is 10.9 Å². The van der Waals surface area contributed by atoms with Crippen molar-refractivity contribution in [1.29, 1.82) is 0 Å². The number of rotatable bonds is 7. The van der Waals surface area contributed by atoms with Crippen LogP contribution in [0.15, 0.2) is 108 Å². The summed E-state index contributed by atoms with van der Waals surface area (Å²) in [5, 5.41) is 1.32. The second-order valence-corrected chi connectivity index (χ2v) is 26.4. The first-order chi connectivity index (χ1) is 34.8. The van der Waals surface area contributed by atoms with E-state index in [0.29, 0.717) is 41.4 Å². The topological polar surface area (TPSA) is 85.5 Å². The highest BCUT2D eigenvalue weighted by molar-refractivity contribution is 5.95. The largest absolute Gasteiger partial charge is 0.358 e. The van der Waals surface area contributed by atoms with Crippen molar-refractivity contribution in [3.63, 3.8) is 0 Å². The summed E-state index contributed by atoms with van der Waals surface area (Å²) in [5.41, 5.74) is 19.9. The van der Waals surface area contributed by atoms with Gasteiger partial charge >= 0.3 is 0 Å². The van der Waals surface area contributed by atoms with Crippen LogP contribution in [0.2, 0.25) is 0 Å². The summed E-state index contributed by atoms with van der Waals surface area (Å²) < 4.78 is 0. The lowest BCUT2D eigenvalue weighted by molar-refractivity contribution is 0.589. The Morgan fingerprint density at radius 3 is 1.27 bits per heavy atom. The molecule has 0 fully saturated rings. The van der Waals surface area contributed by atoms with Gasteiger partial charge in [-0.1, -0.05) is 220 Å². The van der Waals surface area contributed by atoms with Gasteiger partial charge in [-0.25, -0.2) is 9.97 Å². The Kier molecular flexibility index (Phi) is 20.0. The van der Waals surface area contributed by atoms with Gasteiger partial charge in [0.25, 0.3) is 0 Å². The molecule has 1 aliphatic rings. The van der Waals surface area contributed by atoms with Crippen LogP contribution in [0, 0.1) is 5.92 Å². The maximum Gasteiger partial charge on any atom is 0.109 e. The van der Waals surface area contributed by atoms with E-state index in [1.165, 1.54) is 66.9 Å². The highest BCUT2D eigenvalue weighted by Crippen LogP contribution is 2.34. The van der Waals surface area contributed by atoms with Gasteiger partial charge in [-0.05, 0) is 133 Å². The fraction of sp³-hybridized carbons (Fsp3) is 0.493. The first kappa shape index (κ1) is 60.1. The zero-order valence-corrected chi connectivity index (χ0v) is 50.9. The van der Waals surface area contributed by atoms with Crippen LogP contribution in [-0.4, -0.2) is 30.6 Å². The molecule has 0 aliphatic carbocycles. The van der Waals surface area contributed by atoms with Gasteiger partial charge in [0.15, 0.2) is 0 Å². The molecule has 4 heterocycles. The van der Waals surface area contributed by atoms with Gasteiger partial charge in [0.05, 0.1) is 27.8 Å². The standard InChI is InChI=1S/C15H21N.C14H20N2.C14H19N.C13H18N2.C13H20/c1-10(2)13-8-11-6-7-12(15(3,4)5)9-14(11)16-13;1-9(2)13-15-11-7-6-10(14(3,4)5)8-12(11)16-13;1-9(2)11-5-6-12-8-13(10(3)4)15-14(12)7-11;1-8(2)10-5-6-11-12(7-10)15-13(14-11)9(3)4;1-10(2)11-6-8-12(9-7-11)13(3,4)5/h6-7,9-10H,8H2,1-5H3;6-9H,1-5H3,(H,15,16);5-10,15H,1-4H3;5-9H,1-4H3,(H,14,15);6-10H,1-5H3. The summed E-state index contributed by atoms with van der Waals surface area (Å²) >= 11 is 0.